The van der Waals surface area contributed by atoms with Crippen LogP contribution in [0.4, 0.5) is 0 Å². The fourth-order valence-electron chi connectivity index (χ4n) is 3.87. The van der Waals surface area contributed by atoms with Crippen LogP contribution >= 0.6 is 0 Å². The lowest BCUT2D eigenvalue weighted by Gasteiger charge is -2.44. The summed E-state index contributed by atoms with van der Waals surface area (Å²) >= 11 is 0. The van der Waals surface area contributed by atoms with E-state index in [9.17, 15) is 0 Å². The summed E-state index contributed by atoms with van der Waals surface area (Å²) in [6.07, 6.45) is 8.02. The average Bonchev–Trinajstić information content (AvgIpc) is 2.45. The van der Waals surface area contributed by atoms with Gasteiger partial charge in [-0.25, -0.2) is 0 Å². The molecule has 0 radical (unpaired) electrons. The lowest BCUT2D eigenvalue weighted by molar-refractivity contribution is 0.0830. The third kappa shape index (κ3) is 6.28. The first-order valence-corrected chi connectivity index (χ1v) is 9.40. The molecule has 1 aliphatic rings. The van der Waals surface area contributed by atoms with Crippen molar-refractivity contribution in [2.45, 2.75) is 92.2 Å². The standard InChI is InChI=1S/C19H40N2/c1-7-10-13-21(16(4)8-2)15-17-14-19(5,6)12-11-18(17)20-9-3/h16-18,20H,7-15H2,1-6H3. The van der Waals surface area contributed by atoms with Gasteiger partial charge in [0.25, 0.3) is 0 Å². The first-order chi connectivity index (χ1) is 9.93. The molecule has 2 nitrogen and oxygen atoms in total. The van der Waals surface area contributed by atoms with Crippen molar-refractivity contribution in [3.05, 3.63) is 0 Å². The highest BCUT2D eigenvalue weighted by Gasteiger charge is 2.35. The van der Waals surface area contributed by atoms with Crippen LogP contribution in [0.2, 0.25) is 0 Å². The minimum atomic E-state index is 0.530. The normalized spacial score (nSPS) is 27.0. The summed E-state index contributed by atoms with van der Waals surface area (Å²) in [5, 5.41) is 3.76. The van der Waals surface area contributed by atoms with Gasteiger partial charge in [-0.1, -0.05) is 41.0 Å². The molecule has 1 rings (SSSR count). The highest BCUT2D eigenvalue weighted by molar-refractivity contribution is 4.90. The van der Waals surface area contributed by atoms with E-state index in [1.165, 1.54) is 51.6 Å². The van der Waals surface area contributed by atoms with Crippen LogP contribution in [0.1, 0.15) is 80.1 Å². The highest BCUT2D eigenvalue weighted by Crippen LogP contribution is 2.39. The van der Waals surface area contributed by atoms with E-state index >= 15 is 0 Å². The van der Waals surface area contributed by atoms with Gasteiger partial charge >= 0.3 is 0 Å². The number of nitrogens with one attached hydrogen (secondary N) is 1. The predicted octanol–water partition coefficient (Wildman–Crippen LogP) is 4.69. The fourth-order valence-corrected chi connectivity index (χ4v) is 3.87. The third-order valence-corrected chi connectivity index (χ3v) is 5.46. The minimum Gasteiger partial charge on any atom is -0.314 e. The summed E-state index contributed by atoms with van der Waals surface area (Å²) in [4.78, 5) is 2.76. The number of nitrogens with zero attached hydrogens (tertiary/aromatic N) is 1. The molecule has 0 aliphatic heterocycles. The van der Waals surface area contributed by atoms with Gasteiger partial charge in [-0.15, -0.1) is 0 Å². The van der Waals surface area contributed by atoms with Crippen molar-refractivity contribution in [3.63, 3.8) is 0 Å². The molecule has 1 saturated carbocycles. The molecular weight excluding hydrogens is 256 g/mol. The van der Waals surface area contributed by atoms with E-state index in [0.717, 1.165) is 24.5 Å². The Labute approximate surface area is 134 Å². The van der Waals surface area contributed by atoms with Crippen LogP contribution < -0.4 is 5.32 Å². The number of rotatable bonds is 9. The molecule has 21 heavy (non-hydrogen) atoms. The van der Waals surface area contributed by atoms with Crippen LogP contribution in [0.15, 0.2) is 0 Å². The maximum absolute atomic E-state index is 3.76. The van der Waals surface area contributed by atoms with Crippen molar-refractivity contribution in [1.29, 1.82) is 0 Å². The maximum atomic E-state index is 3.76. The van der Waals surface area contributed by atoms with Gasteiger partial charge in [-0.2, -0.15) is 0 Å². The van der Waals surface area contributed by atoms with Crippen molar-refractivity contribution in [2.24, 2.45) is 11.3 Å². The molecule has 3 unspecified atom stereocenters. The average molecular weight is 297 g/mol. The zero-order valence-corrected chi connectivity index (χ0v) is 15.5. The Morgan fingerprint density at radius 1 is 1.24 bits per heavy atom. The first-order valence-electron chi connectivity index (χ1n) is 9.40. The Morgan fingerprint density at radius 3 is 2.52 bits per heavy atom. The van der Waals surface area contributed by atoms with Crippen LogP contribution in [0.3, 0.4) is 0 Å². The van der Waals surface area contributed by atoms with Gasteiger partial charge < -0.3 is 10.2 Å². The molecule has 126 valence electrons. The van der Waals surface area contributed by atoms with Gasteiger partial charge in [0.1, 0.15) is 0 Å². The predicted molar refractivity (Wildman–Crippen MR) is 94.8 cm³/mol. The lowest BCUT2D eigenvalue weighted by Crippen LogP contribution is -2.49. The lowest BCUT2D eigenvalue weighted by atomic mass is 9.69. The van der Waals surface area contributed by atoms with Crippen molar-refractivity contribution in [1.82, 2.24) is 10.2 Å². The summed E-state index contributed by atoms with van der Waals surface area (Å²) in [5.41, 5.74) is 0.530. The van der Waals surface area contributed by atoms with Crippen molar-refractivity contribution >= 4 is 0 Å². The highest BCUT2D eigenvalue weighted by atomic mass is 15.2. The molecule has 0 bridgehead atoms. The molecule has 3 atom stereocenters. The van der Waals surface area contributed by atoms with Crippen LogP contribution in [-0.4, -0.2) is 36.6 Å². The smallest absolute Gasteiger partial charge is 0.0108 e. The summed E-state index contributed by atoms with van der Waals surface area (Å²) in [7, 11) is 0. The number of hydrogen-bond donors (Lipinski definition) is 1. The fraction of sp³-hybridized carbons (Fsp3) is 1.00. The van der Waals surface area contributed by atoms with E-state index in [1.54, 1.807) is 0 Å². The second-order valence-corrected chi connectivity index (χ2v) is 7.94. The molecule has 2 heteroatoms. The van der Waals surface area contributed by atoms with Gasteiger partial charge in [-0.3, -0.25) is 0 Å². The number of unbranched alkanes of at least 4 members (excludes halogenated alkanes) is 1. The topological polar surface area (TPSA) is 15.3 Å². The second-order valence-electron chi connectivity index (χ2n) is 7.94. The SMILES string of the molecule is CCCCN(CC1CC(C)(C)CCC1NCC)C(C)CC. The first kappa shape index (κ1) is 19.0. The Morgan fingerprint density at radius 2 is 1.95 bits per heavy atom. The largest absolute Gasteiger partial charge is 0.314 e. The van der Waals surface area contributed by atoms with Crippen molar-refractivity contribution < 1.29 is 0 Å². The zero-order chi connectivity index (χ0) is 15.9. The Bertz CT molecular complexity index is 275. The van der Waals surface area contributed by atoms with Crippen LogP contribution in [0.5, 0.6) is 0 Å². The van der Waals surface area contributed by atoms with Crippen LogP contribution in [-0.2, 0) is 0 Å². The molecule has 0 heterocycles. The molecule has 1 aliphatic carbocycles. The molecular formula is C19H40N2. The third-order valence-electron chi connectivity index (χ3n) is 5.46. The summed E-state index contributed by atoms with van der Waals surface area (Å²) in [5.74, 6) is 0.819. The molecule has 1 N–H and O–H groups in total. The minimum absolute atomic E-state index is 0.530. The monoisotopic (exact) mass is 296 g/mol. The quantitative estimate of drug-likeness (QED) is 0.664. The van der Waals surface area contributed by atoms with E-state index in [1.807, 2.05) is 0 Å². The van der Waals surface area contributed by atoms with E-state index in [4.69, 9.17) is 0 Å². The van der Waals surface area contributed by atoms with Crippen molar-refractivity contribution in [2.75, 3.05) is 19.6 Å². The second kappa shape index (κ2) is 9.15. The van der Waals surface area contributed by atoms with Gasteiger partial charge in [0.2, 0.25) is 0 Å². The van der Waals surface area contributed by atoms with Gasteiger partial charge in [0.05, 0.1) is 0 Å². The Balaban J connectivity index is 2.70. The summed E-state index contributed by atoms with van der Waals surface area (Å²) in [6.45, 7) is 17.9. The molecule has 0 spiro atoms. The Kier molecular flexibility index (Phi) is 8.26. The van der Waals surface area contributed by atoms with Crippen LogP contribution in [0.25, 0.3) is 0 Å². The molecule has 0 aromatic rings. The van der Waals surface area contributed by atoms with E-state index in [-0.39, 0.29) is 0 Å². The number of hydrogen-bond acceptors (Lipinski definition) is 2. The zero-order valence-electron chi connectivity index (χ0n) is 15.5. The Hall–Kier alpha value is -0.0800. The maximum Gasteiger partial charge on any atom is 0.0108 e. The molecule has 0 aromatic carbocycles. The van der Waals surface area contributed by atoms with Gasteiger partial charge in [-0.05, 0) is 63.5 Å². The molecule has 0 amide bonds. The molecule has 0 saturated heterocycles. The van der Waals surface area contributed by atoms with Crippen molar-refractivity contribution in [3.8, 4) is 0 Å². The van der Waals surface area contributed by atoms with Gasteiger partial charge in [0, 0.05) is 18.6 Å². The van der Waals surface area contributed by atoms with Gasteiger partial charge in [0.15, 0.2) is 0 Å². The van der Waals surface area contributed by atoms with E-state index in [0.29, 0.717) is 5.41 Å². The van der Waals surface area contributed by atoms with Crippen LogP contribution in [0, 0.1) is 11.3 Å². The summed E-state index contributed by atoms with van der Waals surface area (Å²) < 4.78 is 0. The van der Waals surface area contributed by atoms with E-state index in [2.05, 4.69) is 51.8 Å². The molecule has 0 aromatic heterocycles. The summed E-state index contributed by atoms with van der Waals surface area (Å²) in [6, 6.07) is 1.46. The van der Waals surface area contributed by atoms with E-state index < -0.39 is 0 Å². The molecule has 1 fully saturated rings.